The van der Waals surface area contributed by atoms with Gasteiger partial charge in [0.15, 0.2) is 0 Å². The Hall–Kier alpha value is -3.50. The third-order valence-corrected chi connectivity index (χ3v) is 6.74. The van der Waals surface area contributed by atoms with Gasteiger partial charge in [-0.15, -0.1) is 11.3 Å². The van der Waals surface area contributed by atoms with Gasteiger partial charge >= 0.3 is 5.69 Å². The van der Waals surface area contributed by atoms with E-state index in [1.807, 2.05) is 38.1 Å². The average molecular weight is 469 g/mol. The second-order valence-corrected chi connectivity index (χ2v) is 9.20. The van der Waals surface area contributed by atoms with Gasteiger partial charge in [-0.1, -0.05) is 32.0 Å². The Morgan fingerprint density at radius 1 is 1.21 bits per heavy atom. The molecule has 4 rings (SSSR count). The summed E-state index contributed by atoms with van der Waals surface area (Å²) in [6.45, 7) is 4.22. The number of aromatic nitrogens is 3. The van der Waals surface area contributed by atoms with Crippen molar-refractivity contribution in [3.05, 3.63) is 67.3 Å². The van der Waals surface area contributed by atoms with Crippen LogP contribution in [0.1, 0.15) is 39.4 Å². The number of nitrogens with one attached hydrogen (secondary N) is 1. The number of carbonyl (C=O) groups is 2. The van der Waals surface area contributed by atoms with Gasteiger partial charge in [-0.2, -0.15) is 0 Å². The van der Waals surface area contributed by atoms with E-state index in [0.717, 1.165) is 26.5 Å². The second-order valence-electron chi connectivity index (χ2n) is 8.20. The number of para-hydroxylation sites is 1. The summed E-state index contributed by atoms with van der Waals surface area (Å²) in [5.41, 5.74) is -0.0326. The molecule has 9 nitrogen and oxygen atoms in total. The summed E-state index contributed by atoms with van der Waals surface area (Å²) in [6, 6.07) is 7.32. The molecule has 1 N–H and O–H groups in total. The highest BCUT2D eigenvalue weighted by Gasteiger charge is 2.32. The Morgan fingerprint density at radius 2 is 1.91 bits per heavy atom. The van der Waals surface area contributed by atoms with E-state index in [2.05, 4.69) is 4.98 Å². The molecule has 10 heteroatoms. The molecule has 0 saturated carbocycles. The number of H-pyrrole nitrogens is 1. The first-order valence-corrected chi connectivity index (χ1v) is 11.2. The molecule has 0 atom stereocenters. The van der Waals surface area contributed by atoms with Crippen LogP contribution in [0.5, 0.6) is 0 Å². The van der Waals surface area contributed by atoms with Crippen molar-refractivity contribution in [3.63, 3.8) is 0 Å². The monoisotopic (exact) mass is 468 g/mol. The van der Waals surface area contributed by atoms with Crippen LogP contribution in [0.25, 0.3) is 21.1 Å². The smallest absolute Gasteiger partial charge is 0.331 e. The fourth-order valence-electron chi connectivity index (χ4n) is 3.84. The molecule has 0 spiro atoms. The van der Waals surface area contributed by atoms with Crippen LogP contribution in [-0.4, -0.2) is 45.0 Å². The van der Waals surface area contributed by atoms with E-state index in [-0.39, 0.29) is 21.7 Å². The molecule has 4 aromatic rings. The highest BCUT2D eigenvalue weighted by Crippen LogP contribution is 2.33. The molecule has 1 amide bonds. The van der Waals surface area contributed by atoms with Crippen molar-refractivity contribution in [2.24, 2.45) is 13.0 Å². The number of benzene rings is 1. The minimum absolute atomic E-state index is 0.0415. The fourth-order valence-corrected chi connectivity index (χ4v) is 5.08. The quantitative estimate of drug-likeness (QED) is 0.346. The Kier molecular flexibility index (Phi) is 5.81. The van der Waals surface area contributed by atoms with Crippen LogP contribution >= 0.6 is 11.3 Å². The molecule has 0 aliphatic rings. The Morgan fingerprint density at radius 3 is 2.58 bits per heavy atom. The van der Waals surface area contributed by atoms with E-state index in [0.29, 0.717) is 22.3 Å². The maximum absolute atomic E-state index is 13.7. The van der Waals surface area contributed by atoms with Gasteiger partial charge in [-0.3, -0.25) is 28.4 Å². The molecular formula is C23H24N4O5S. The normalized spacial score (nSPS) is 11.6. The predicted molar refractivity (Wildman–Crippen MR) is 127 cm³/mol. The van der Waals surface area contributed by atoms with Crippen molar-refractivity contribution in [3.8, 4) is 0 Å². The van der Waals surface area contributed by atoms with Crippen LogP contribution in [0.2, 0.25) is 0 Å². The van der Waals surface area contributed by atoms with Crippen molar-refractivity contribution in [1.82, 2.24) is 19.2 Å². The van der Waals surface area contributed by atoms with Crippen LogP contribution in [0.15, 0.2) is 40.1 Å². The van der Waals surface area contributed by atoms with Gasteiger partial charge in [-0.25, -0.2) is 9.86 Å². The molecule has 0 unspecified atom stereocenters. The maximum Gasteiger partial charge on any atom is 0.331 e. The van der Waals surface area contributed by atoms with Gasteiger partial charge in [0.05, 0.1) is 22.9 Å². The first kappa shape index (κ1) is 22.7. The Labute approximate surface area is 192 Å². The van der Waals surface area contributed by atoms with Crippen LogP contribution < -0.4 is 11.2 Å². The van der Waals surface area contributed by atoms with E-state index in [1.54, 1.807) is 6.20 Å². The highest BCUT2D eigenvalue weighted by molar-refractivity contribution is 7.21. The number of carbonyl (C=O) groups excluding carboxylic acids is 2. The van der Waals surface area contributed by atoms with Crippen LogP contribution in [0, 0.1) is 5.92 Å². The minimum atomic E-state index is -0.640. The third kappa shape index (κ3) is 3.61. The van der Waals surface area contributed by atoms with E-state index < -0.39 is 22.9 Å². The van der Waals surface area contributed by atoms with Gasteiger partial charge < -0.3 is 4.98 Å². The number of aromatic amines is 1. The molecule has 0 fully saturated rings. The van der Waals surface area contributed by atoms with Crippen molar-refractivity contribution in [2.75, 3.05) is 14.2 Å². The zero-order valence-corrected chi connectivity index (χ0v) is 19.8. The summed E-state index contributed by atoms with van der Waals surface area (Å²) < 4.78 is 2.43. The molecule has 3 aromatic heterocycles. The molecule has 0 radical (unpaired) electrons. The molecule has 0 bridgehead atoms. The summed E-state index contributed by atoms with van der Waals surface area (Å²) in [4.78, 5) is 61.6. The number of fused-ring (bicyclic) bond motifs is 2. The number of thiophene rings is 1. The standard InChI is InChI=1S/C23H24N4O5S/c1-12(2)11-27-22-17(20(29)25(3)23(27)31)16(21(30)26(4)32-5)19(33-22)18(28)14-10-24-15-9-7-6-8-13(14)15/h6-10,12,24H,11H2,1-5H3. The van der Waals surface area contributed by atoms with Crippen molar-refractivity contribution in [1.29, 1.82) is 0 Å². The number of ketones is 1. The molecule has 33 heavy (non-hydrogen) atoms. The van der Waals surface area contributed by atoms with Gasteiger partial charge in [0.1, 0.15) is 4.83 Å². The number of nitrogens with zero attached hydrogens (tertiary/aromatic N) is 3. The predicted octanol–water partition coefficient (Wildman–Crippen LogP) is 2.76. The lowest BCUT2D eigenvalue weighted by Crippen LogP contribution is -2.39. The van der Waals surface area contributed by atoms with Crippen LogP contribution in [-0.2, 0) is 18.4 Å². The van der Waals surface area contributed by atoms with Crippen molar-refractivity contribution in [2.45, 2.75) is 20.4 Å². The summed E-state index contributed by atoms with van der Waals surface area (Å²) in [6.07, 6.45) is 1.59. The fraction of sp³-hybridized carbons (Fsp3) is 0.304. The zero-order chi connectivity index (χ0) is 24.0. The van der Waals surface area contributed by atoms with Gasteiger partial charge in [-0.05, 0) is 12.0 Å². The molecule has 172 valence electrons. The maximum atomic E-state index is 13.7. The average Bonchev–Trinajstić information content (AvgIpc) is 3.41. The second kappa shape index (κ2) is 8.45. The lowest BCUT2D eigenvalue weighted by Gasteiger charge is -2.15. The first-order valence-electron chi connectivity index (χ1n) is 10.4. The molecule has 3 heterocycles. The van der Waals surface area contributed by atoms with E-state index in [4.69, 9.17) is 4.84 Å². The summed E-state index contributed by atoms with van der Waals surface area (Å²) in [7, 11) is 4.09. The Bertz CT molecular complexity index is 1520. The number of rotatable bonds is 6. The number of amides is 1. The van der Waals surface area contributed by atoms with E-state index in [1.165, 1.54) is 25.8 Å². The number of hydrogen-bond acceptors (Lipinski definition) is 6. The lowest BCUT2D eigenvalue weighted by molar-refractivity contribution is -0.0755. The SMILES string of the molecule is CON(C)C(=O)c1c(C(=O)c2c[nH]c3ccccc23)sc2c1c(=O)n(C)c(=O)n2CC(C)C. The molecule has 0 saturated heterocycles. The van der Waals surface area contributed by atoms with E-state index >= 15 is 0 Å². The third-order valence-electron chi connectivity index (χ3n) is 5.53. The van der Waals surface area contributed by atoms with Gasteiger partial charge in [0, 0.05) is 43.3 Å². The Balaban J connectivity index is 2.10. The molecular weight excluding hydrogens is 444 g/mol. The van der Waals surface area contributed by atoms with Gasteiger partial charge in [0.25, 0.3) is 11.5 Å². The first-order chi connectivity index (χ1) is 15.7. The van der Waals surface area contributed by atoms with Crippen molar-refractivity contribution >= 4 is 44.1 Å². The highest BCUT2D eigenvalue weighted by atomic mass is 32.1. The number of hydrogen-bond donors (Lipinski definition) is 1. The number of hydroxylamine groups is 2. The lowest BCUT2D eigenvalue weighted by atomic mass is 10.0. The van der Waals surface area contributed by atoms with E-state index in [9.17, 15) is 19.2 Å². The van der Waals surface area contributed by atoms with Crippen molar-refractivity contribution < 1.29 is 14.4 Å². The summed E-state index contributed by atoms with van der Waals surface area (Å²) >= 11 is 0.984. The zero-order valence-electron chi connectivity index (χ0n) is 19.0. The summed E-state index contributed by atoms with van der Waals surface area (Å²) in [5.74, 6) is -0.954. The summed E-state index contributed by atoms with van der Waals surface area (Å²) in [5, 5.41) is 1.70. The largest absolute Gasteiger partial charge is 0.360 e. The van der Waals surface area contributed by atoms with Crippen LogP contribution in [0.3, 0.4) is 0 Å². The topological polar surface area (TPSA) is 106 Å². The van der Waals surface area contributed by atoms with Crippen LogP contribution in [0.4, 0.5) is 0 Å². The minimum Gasteiger partial charge on any atom is -0.360 e. The molecule has 0 aliphatic heterocycles. The molecule has 0 aliphatic carbocycles. The molecule has 1 aromatic carbocycles. The van der Waals surface area contributed by atoms with Gasteiger partial charge in [0.2, 0.25) is 5.78 Å².